The Labute approximate surface area is 157 Å². The van der Waals surface area contributed by atoms with E-state index < -0.39 is 0 Å². The smallest absolute Gasteiger partial charge is 0.270 e. The van der Waals surface area contributed by atoms with E-state index in [9.17, 15) is 9.59 Å². The second-order valence-corrected chi connectivity index (χ2v) is 6.04. The van der Waals surface area contributed by atoms with Gasteiger partial charge in [0.25, 0.3) is 11.8 Å². The minimum atomic E-state index is -0.328. The van der Waals surface area contributed by atoms with E-state index in [0.29, 0.717) is 12.1 Å². The first kappa shape index (κ1) is 18.3. The largest absolute Gasteiger partial charge is 0.346 e. The maximum Gasteiger partial charge on any atom is 0.270 e. The number of aromatic nitrogens is 2. The summed E-state index contributed by atoms with van der Waals surface area (Å²) in [7, 11) is 0. The molecule has 3 aromatic rings. The molecule has 6 heteroatoms. The van der Waals surface area contributed by atoms with Crippen LogP contribution in [0.25, 0.3) is 0 Å². The molecule has 0 aliphatic carbocycles. The molecule has 2 amide bonds. The van der Waals surface area contributed by atoms with Crippen molar-refractivity contribution >= 4 is 11.8 Å². The molecular weight excluding hydrogens is 340 g/mol. The van der Waals surface area contributed by atoms with Gasteiger partial charge in [0.05, 0.1) is 18.3 Å². The molecule has 0 saturated carbocycles. The highest BCUT2D eigenvalue weighted by molar-refractivity contribution is 5.98. The standard InChI is InChI=1S/C21H20N4O2/c1-15(16-7-3-2-4-8-16)25-21(27)19-13-17(10-12-23-19)20(26)24-14-18-9-5-6-11-22-18/h2-13,15H,14H2,1H3,(H,24,26)(H,25,27). The van der Waals surface area contributed by atoms with Crippen LogP contribution in [-0.2, 0) is 6.54 Å². The fourth-order valence-corrected chi connectivity index (χ4v) is 2.57. The van der Waals surface area contributed by atoms with Crippen LogP contribution in [0.3, 0.4) is 0 Å². The van der Waals surface area contributed by atoms with Crippen molar-refractivity contribution in [2.75, 3.05) is 0 Å². The molecule has 1 aromatic carbocycles. The van der Waals surface area contributed by atoms with Gasteiger partial charge in [-0.1, -0.05) is 36.4 Å². The summed E-state index contributed by atoms with van der Waals surface area (Å²) in [5, 5.41) is 5.68. The van der Waals surface area contributed by atoms with Crippen molar-refractivity contribution in [2.45, 2.75) is 19.5 Å². The van der Waals surface area contributed by atoms with E-state index in [0.717, 1.165) is 11.3 Å². The summed E-state index contributed by atoms with van der Waals surface area (Å²) >= 11 is 0. The van der Waals surface area contributed by atoms with Crippen LogP contribution in [0, 0.1) is 0 Å². The molecule has 0 fully saturated rings. The van der Waals surface area contributed by atoms with Crippen molar-refractivity contribution in [3.8, 4) is 0 Å². The van der Waals surface area contributed by atoms with Gasteiger partial charge in [-0.15, -0.1) is 0 Å². The highest BCUT2D eigenvalue weighted by Gasteiger charge is 2.15. The van der Waals surface area contributed by atoms with Crippen molar-refractivity contribution in [2.24, 2.45) is 0 Å². The fourth-order valence-electron chi connectivity index (χ4n) is 2.57. The van der Waals surface area contributed by atoms with Crippen LogP contribution >= 0.6 is 0 Å². The first-order chi connectivity index (χ1) is 13.1. The summed E-state index contributed by atoms with van der Waals surface area (Å²) in [5.41, 5.74) is 2.33. The van der Waals surface area contributed by atoms with E-state index in [2.05, 4.69) is 20.6 Å². The topological polar surface area (TPSA) is 84.0 Å². The van der Waals surface area contributed by atoms with Crippen molar-refractivity contribution in [3.05, 3.63) is 95.6 Å². The van der Waals surface area contributed by atoms with Gasteiger partial charge >= 0.3 is 0 Å². The maximum absolute atomic E-state index is 12.5. The molecule has 6 nitrogen and oxygen atoms in total. The van der Waals surface area contributed by atoms with Crippen LogP contribution in [0.4, 0.5) is 0 Å². The monoisotopic (exact) mass is 360 g/mol. The fraction of sp³-hybridized carbons (Fsp3) is 0.143. The Balaban J connectivity index is 1.64. The molecule has 1 atom stereocenters. The van der Waals surface area contributed by atoms with Gasteiger partial charge in [0.15, 0.2) is 0 Å². The van der Waals surface area contributed by atoms with Crippen LogP contribution in [0.15, 0.2) is 73.1 Å². The van der Waals surface area contributed by atoms with E-state index in [4.69, 9.17) is 0 Å². The highest BCUT2D eigenvalue weighted by atomic mass is 16.2. The number of carbonyl (C=O) groups is 2. The van der Waals surface area contributed by atoms with Crippen LogP contribution in [0.2, 0.25) is 0 Å². The Bertz CT molecular complexity index is 914. The summed E-state index contributed by atoms with van der Waals surface area (Å²) in [6, 6.07) is 18.1. The lowest BCUT2D eigenvalue weighted by Crippen LogP contribution is -2.28. The van der Waals surface area contributed by atoms with Crippen molar-refractivity contribution in [3.63, 3.8) is 0 Å². The predicted octanol–water partition coefficient (Wildman–Crippen LogP) is 2.90. The number of hydrogen-bond donors (Lipinski definition) is 2. The zero-order valence-corrected chi connectivity index (χ0v) is 14.9. The minimum absolute atomic E-state index is 0.165. The lowest BCUT2D eigenvalue weighted by Gasteiger charge is -2.14. The summed E-state index contributed by atoms with van der Waals surface area (Å²) in [6.07, 6.45) is 3.13. The summed E-state index contributed by atoms with van der Waals surface area (Å²) in [6.45, 7) is 2.21. The number of hydrogen-bond acceptors (Lipinski definition) is 4. The maximum atomic E-state index is 12.5. The molecule has 1 unspecified atom stereocenters. The van der Waals surface area contributed by atoms with Crippen molar-refractivity contribution in [1.82, 2.24) is 20.6 Å². The predicted molar refractivity (Wildman–Crippen MR) is 102 cm³/mol. The number of pyridine rings is 2. The molecule has 2 heterocycles. The second-order valence-electron chi connectivity index (χ2n) is 6.04. The molecule has 0 saturated heterocycles. The number of benzene rings is 1. The third-order valence-electron chi connectivity index (χ3n) is 4.06. The van der Waals surface area contributed by atoms with E-state index in [1.807, 2.05) is 55.5 Å². The van der Waals surface area contributed by atoms with Crippen molar-refractivity contribution < 1.29 is 9.59 Å². The third kappa shape index (κ3) is 4.98. The van der Waals surface area contributed by atoms with E-state index in [-0.39, 0.29) is 23.6 Å². The Morgan fingerprint density at radius 2 is 1.70 bits per heavy atom. The Morgan fingerprint density at radius 3 is 2.44 bits per heavy atom. The number of nitrogens with one attached hydrogen (secondary N) is 2. The molecule has 27 heavy (non-hydrogen) atoms. The number of nitrogens with zero attached hydrogens (tertiary/aromatic N) is 2. The Hall–Kier alpha value is -3.54. The van der Waals surface area contributed by atoms with Gasteiger partial charge < -0.3 is 10.6 Å². The van der Waals surface area contributed by atoms with Gasteiger partial charge in [-0.25, -0.2) is 0 Å². The number of rotatable bonds is 6. The van der Waals surface area contributed by atoms with Gasteiger partial charge in [-0.3, -0.25) is 19.6 Å². The van der Waals surface area contributed by atoms with Gasteiger partial charge in [0.1, 0.15) is 5.69 Å². The SMILES string of the molecule is CC(NC(=O)c1cc(C(=O)NCc2ccccn2)ccn1)c1ccccc1. The molecule has 0 radical (unpaired) electrons. The molecule has 0 spiro atoms. The molecule has 0 bridgehead atoms. The third-order valence-corrected chi connectivity index (χ3v) is 4.06. The quantitative estimate of drug-likeness (QED) is 0.708. The summed E-state index contributed by atoms with van der Waals surface area (Å²) in [5.74, 6) is -0.612. The van der Waals surface area contributed by atoms with Gasteiger partial charge in [-0.2, -0.15) is 0 Å². The average molecular weight is 360 g/mol. The molecule has 0 aliphatic rings. The zero-order valence-electron chi connectivity index (χ0n) is 14.9. The Morgan fingerprint density at radius 1 is 0.926 bits per heavy atom. The normalized spacial score (nSPS) is 11.4. The van der Waals surface area contributed by atoms with E-state index >= 15 is 0 Å². The van der Waals surface area contributed by atoms with Crippen LogP contribution in [0.1, 0.15) is 45.1 Å². The first-order valence-corrected chi connectivity index (χ1v) is 8.63. The molecule has 2 N–H and O–H groups in total. The zero-order chi connectivity index (χ0) is 19.1. The second kappa shape index (κ2) is 8.71. The highest BCUT2D eigenvalue weighted by Crippen LogP contribution is 2.12. The van der Waals surface area contributed by atoms with Crippen LogP contribution in [0.5, 0.6) is 0 Å². The molecular formula is C21H20N4O2. The van der Waals surface area contributed by atoms with Crippen LogP contribution < -0.4 is 10.6 Å². The Kier molecular flexibility index (Phi) is 5.89. The van der Waals surface area contributed by atoms with Gasteiger partial charge in [-0.05, 0) is 36.8 Å². The minimum Gasteiger partial charge on any atom is -0.346 e. The first-order valence-electron chi connectivity index (χ1n) is 8.63. The van der Waals surface area contributed by atoms with Crippen molar-refractivity contribution in [1.29, 1.82) is 0 Å². The number of carbonyl (C=O) groups excluding carboxylic acids is 2. The molecule has 136 valence electrons. The lowest BCUT2D eigenvalue weighted by molar-refractivity contribution is 0.0935. The van der Waals surface area contributed by atoms with E-state index in [1.165, 1.54) is 12.3 Å². The molecule has 2 aromatic heterocycles. The van der Waals surface area contributed by atoms with E-state index in [1.54, 1.807) is 12.3 Å². The molecule has 0 aliphatic heterocycles. The summed E-state index contributed by atoms with van der Waals surface area (Å²) in [4.78, 5) is 33.0. The van der Waals surface area contributed by atoms with Gasteiger partial charge in [0.2, 0.25) is 0 Å². The molecule has 3 rings (SSSR count). The number of amides is 2. The lowest BCUT2D eigenvalue weighted by atomic mass is 10.1. The van der Waals surface area contributed by atoms with Gasteiger partial charge in [0, 0.05) is 18.0 Å². The summed E-state index contributed by atoms with van der Waals surface area (Å²) < 4.78 is 0. The van der Waals surface area contributed by atoms with Crippen LogP contribution in [-0.4, -0.2) is 21.8 Å². The average Bonchev–Trinajstić information content (AvgIpc) is 2.73.